The highest BCUT2D eigenvalue weighted by molar-refractivity contribution is 7.99. The van der Waals surface area contributed by atoms with Gasteiger partial charge in [-0.25, -0.2) is 4.39 Å². The van der Waals surface area contributed by atoms with E-state index < -0.39 is 17.6 Å². The lowest BCUT2D eigenvalue weighted by Gasteiger charge is -2.36. The molecule has 2 heterocycles. The Morgan fingerprint density at radius 2 is 1.85 bits per heavy atom. The number of benzene rings is 2. The highest BCUT2D eigenvalue weighted by Gasteiger charge is 2.39. The molecule has 39 heavy (non-hydrogen) atoms. The fourth-order valence-electron chi connectivity index (χ4n) is 4.60. The lowest BCUT2D eigenvalue weighted by Crippen LogP contribution is -2.50. The van der Waals surface area contributed by atoms with Gasteiger partial charge in [-0.2, -0.15) is 13.2 Å². The molecule has 2 N–H and O–H groups in total. The number of nitrogens with zero attached hydrogens (tertiary/aromatic N) is 2. The summed E-state index contributed by atoms with van der Waals surface area (Å²) in [6.07, 6.45) is -3.83. The van der Waals surface area contributed by atoms with Crippen LogP contribution in [0.2, 0.25) is 0 Å². The number of hydrogen-bond acceptors (Lipinski definition) is 6. The molecule has 2 aliphatic heterocycles. The van der Waals surface area contributed by atoms with Crippen LogP contribution in [0, 0.1) is 11.2 Å². The van der Waals surface area contributed by atoms with Crippen molar-refractivity contribution in [3.8, 4) is 11.1 Å². The molecule has 210 valence electrons. The Labute approximate surface area is 228 Å². The fourth-order valence-corrected chi connectivity index (χ4v) is 5.86. The lowest BCUT2D eigenvalue weighted by molar-refractivity contribution is -0.137. The van der Waals surface area contributed by atoms with Crippen LogP contribution in [-0.2, 0) is 20.4 Å². The second-order valence-corrected chi connectivity index (χ2v) is 10.1. The van der Waals surface area contributed by atoms with Crippen LogP contribution in [-0.4, -0.2) is 86.4 Å². The maximum absolute atomic E-state index is 14.6. The number of thioether (sulfide) groups is 1. The maximum atomic E-state index is 14.6. The molecule has 1 atom stereocenters. The summed E-state index contributed by atoms with van der Waals surface area (Å²) in [6, 6.07) is 5.93. The average Bonchev–Trinajstić information content (AvgIpc) is 3.14. The minimum atomic E-state index is -4.73. The lowest BCUT2D eigenvalue weighted by atomic mass is 9.94. The third-order valence-electron chi connectivity index (χ3n) is 6.62. The van der Waals surface area contributed by atoms with Gasteiger partial charge < -0.3 is 24.6 Å². The summed E-state index contributed by atoms with van der Waals surface area (Å²) in [7, 11) is 1.55. The first kappa shape index (κ1) is 28.9. The summed E-state index contributed by atoms with van der Waals surface area (Å²) in [5.41, 5.74) is -0.231. The number of carbonyl (C=O) groups is 1. The molecule has 1 saturated heterocycles. The van der Waals surface area contributed by atoms with Crippen LogP contribution in [0.4, 0.5) is 23.2 Å². The van der Waals surface area contributed by atoms with Crippen molar-refractivity contribution in [1.29, 1.82) is 5.41 Å². The van der Waals surface area contributed by atoms with Crippen LogP contribution in [0.3, 0.4) is 0 Å². The summed E-state index contributed by atoms with van der Waals surface area (Å²) in [4.78, 5) is 15.6. The summed E-state index contributed by atoms with van der Waals surface area (Å²) in [5.74, 6) is -0.479. The first-order valence-corrected chi connectivity index (χ1v) is 13.4. The van der Waals surface area contributed by atoms with E-state index in [1.54, 1.807) is 16.9 Å². The molecule has 0 aromatic heterocycles. The van der Waals surface area contributed by atoms with Gasteiger partial charge in [-0.3, -0.25) is 10.2 Å². The molecule has 0 bridgehead atoms. The molecule has 2 aliphatic rings. The SMILES string of the molecule is C=CC(=O)N1CCN(C(=N)c2cc(C(F)(F)F)c(-c3ccc(F)cc3)c3c2NCC(OCCOC)CS3)CC1. The summed E-state index contributed by atoms with van der Waals surface area (Å²) < 4.78 is 68.2. The van der Waals surface area contributed by atoms with Crippen molar-refractivity contribution >= 4 is 29.2 Å². The Hall–Kier alpha value is -3.09. The van der Waals surface area contributed by atoms with Gasteiger partial charge >= 0.3 is 6.18 Å². The van der Waals surface area contributed by atoms with Crippen molar-refractivity contribution in [2.24, 2.45) is 0 Å². The normalized spacial score (nSPS) is 17.7. The summed E-state index contributed by atoms with van der Waals surface area (Å²) in [5, 5.41) is 12.2. The van der Waals surface area contributed by atoms with E-state index in [2.05, 4.69) is 11.9 Å². The number of nitrogens with one attached hydrogen (secondary N) is 2. The van der Waals surface area contributed by atoms with Crippen LogP contribution in [0.5, 0.6) is 0 Å². The van der Waals surface area contributed by atoms with Gasteiger partial charge in [0.15, 0.2) is 0 Å². The standard InChI is InChI=1S/C27H30F4N4O3S/c1-3-22(36)34-8-10-35(11-9-34)26(32)20-14-21(27(29,30)31)23(17-4-6-18(28)7-5-17)25-24(20)33-15-19(16-39-25)38-13-12-37-2/h3-7,14,19,32-33H,1,8-13,15-16H2,2H3. The number of ether oxygens (including phenoxy) is 2. The number of alkyl halides is 3. The van der Waals surface area contributed by atoms with E-state index in [0.717, 1.165) is 18.2 Å². The van der Waals surface area contributed by atoms with Crippen LogP contribution < -0.4 is 5.32 Å². The highest BCUT2D eigenvalue weighted by Crippen LogP contribution is 2.48. The van der Waals surface area contributed by atoms with Gasteiger partial charge in [0.05, 0.1) is 30.6 Å². The molecule has 4 rings (SSSR count). The quantitative estimate of drug-likeness (QED) is 0.166. The van der Waals surface area contributed by atoms with E-state index in [4.69, 9.17) is 14.9 Å². The Bertz CT molecular complexity index is 1210. The number of fused-ring (bicyclic) bond motifs is 1. The first-order chi connectivity index (χ1) is 18.6. The highest BCUT2D eigenvalue weighted by atomic mass is 32.2. The molecule has 0 spiro atoms. The Morgan fingerprint density at radius 1 is 1.18 bits per heavy atom. The third-order valence-corrected chi connectivity index (χ3v) is 7.85. The molecule has 0 saturated carbocycles. The van der Waals surface area contributed by atoms with Crippen molar-refractivity contribution < 1.29 is 31.8 Å². The van der Waals surface area contributed by atoms with Gasteiger partial charge in [0, 0.05) is 61.6 Å². The molecular formula is C27H30F4N4O3S. The topological polar surface area (TPSA) is 77.9 Å². The van der Waals surface area contributed by atoms with Crippen LogP contribution in [0.15, 0.2) is 47.9 Å². The smallest absolute Gasteiger partial charge is 0.382 e. The molecule has 1 amide bonds. The molecule has 2 aromatic rings. The minimum absolute atomic E-state index is 0.0644. The summed E-state index contributed by atoms with van der Waals surface area (Å²) in [6.45, 7) is 5.76. The monoisotopic (exact) mass is 566 g/mol. The molecular weight excluding hydrogens is 536 g/mol. The third kappa shape index (κ3) is 6.56. The molecule has 0 aliphatic carbocycles. The van der Waals surface area contributed by atoms with Crippen molar-refractivity contribution in [3.05, 3.63) is 59.9 Å². The minimum Gasteiger partial charge on any atom is -0.382 e. The van der Waals surface area contributed by atoms with Gasteiger partial charge in [-0.05, 0) is 29.8 Å². The van der Waals surface area contributed by atoms with E-state index >= 15 is 0 Å². The molecule has 12 heteroatoms. The predicted octanol–water partition coefficient (Wildman–Crippen LogP) is 4.72. The number of methoxy groups -OCH3 is 1. The molecule has 1 fully saturated rings. The zero-order valence-corrected chi connectivity index (χ0v) is 22.3. The zero-order chi connectivity index (χ0) is 28.2. The maximum Gasteiger partial charge on any atom is 0.417 e. The van der Waals surface area contributed by atoms with Crippen molar-refractivity contribution in [2.75, 3.05) is 64.1 Å². The Kier molecular flexibility index (Phi) is 9.19. The van der Waals surface area contributed by atoms with Gasteiger partial charge in [-0.1, -0.05) is 18.7 Å². The molecule has 1 unspecified atom stereocenters. The fraction of sp³-hybridized carbons (Fsp3) is 0.407. The van der Waals surface area contributed by atoms with E-state index in [1.165, 1.54) is 30.0 Å². The number of halogens is 4. The van der Waals surface area contributed by atoms with Gasteiger partial charge in [0.1, 0.15) is 11.7 Å². The second kappa shape index (κ2) is 12.4. The van der Waals surface area contributed by atoms with Gasteiger partial charge in [-0.15, -0.1) is 11.8 Å². The molecule has 0 radical (unpaired) electrons. The van der Waals surface area contributed by atoms with Crippen LogP contribution in [0.1, 0.15) is 11.1 Å². The van der Waals surface area contributed by atoms with E-state index in [-0.39, 0.29) is 34.5 Å². The Morgan fingerprint density at radius 3 is 2.46 bits per heavy atom. The largest absolute Gasteiger partial charge is 0.417 e. The van der Waals surface area contributed by atoms with Crippen LogP contribution >= 0.6 is 11.8 Å². The average molecular weight is 567 g/mol. The first-order valence-electron chi connectivity index (χ1n) is 12.4. The second-order valence-electron chi connectivity index (χ2n) is 9.10. The Balaban J connectivity index is 1.78. The van der Waals surface area contributed by atoms with E-state index in [0.29, 0.717) is 62.3 Å². The molecule has 7 nitrogen and oxygen atoms in total. The van der Waals surface area contributed by atoms with E-state index in [9.17, 15) is 22.4 Å². The number of amides is 1. The number of amidine groups is 1. The summed E-state index contributed by atoms with van der Waals surface area (Å²) >= 11 is 1.22. The van der Waals surface area contributed by atoms with Gasteiger partial charge in [0.25, 0.3) is 0 Å². The zero-order valence-electron chi connectivity index (χ0n) is 21.4. The number of piperazine rings is 1. The van der Waals surface area contributed by atoms with Gasteiger partial charge in [0.2, 0.25) is 5.91 Å². The predicted molar refractivity (Wildman–Crippen MR) is 143 cm³/mol. The van der Waals surface area contributed by atoms with E-state index in [1.807, 2.05) is 0 Å². The molecule has 2 aromatic carbocycles. The van der Waals surface area contributed by atoms with Crippen LogP contribution in [0.25, 0.3) is 11.1 Å². The number of hydrogen-bond donors (Lipinski definition) is 2. The van der Waals surface area contributed by atoms with Crippen molar-refractivity contribution in [1.82, 2.24) is 9.80 Å². The van der Waals surface area contributed by atoms with Crippen molar-refractivity contribution in [3.63, 3.8) is 0 Å². The number of rotatable bonds is 7. The number of carbonyl (C=O) groups excluding carboxylic acids is 1. The van der Waals surface area contributed by atoms with Crippen molar-refractivity contribution in [2.45, 2.75) is 17.2 Å². The number of anilines is 1.